The van der Waals surface area contributed by atoms with Crippen molar-refractivity contribution >= 4 is 0 Å². The van der Waals surface area contributed by atoms with Crippen molar-refractivity contribution in [2.24, 2.45) is 0 Å². The smallest absolute Gasteiger partial charge is 0.122 e. The maximum Gasteiger partial charge on any atom is 0.122 e. The average Bonchev–Trinajstić information content (AvgIpc) is 3.24. The molecule has 0 amide bonds. The van der Waals surface area contributed by atoms with Crippen molar-refractivity contribution in [2.75, 3.05) is 0 Å². The number of nitrogens with zero attached hydrogens (tertiary/aromatic N) is 2. The summed E-state index contributed by atoms with van der Waals surface area (Å²) in [4.78, 5) is 0. The summed E-state index contributed by atoms with van der Waals surface area (Å²) in [5.74, 6) is 0.135. The van der Waals surface area contributed by atoms with Crippen molar-refractivity contribution in [3.63, 3.8) is 0 Å². The van der Waals surface area contributed by atoms with Crippen LogP contribution in [0.25, 0.3) is 0 Å². The third kappa shape index (κ3) is 10.8. The fraction of sp³-hybridized carbons (Fsp3) is 0.387. The Bertz CT molecular complexity index is 2720. The number of benzene rings is 6. The first-order valence-electron chi connectivity index (χ1n) is 24.4. The van der Waals surface area contributed by atoms with Gasteiger partial charge in [0.1, 0.15) is 34.5 Å². The zero-order valence-electron chi connectivity index (χ0n) is 43.2. The van der Waals surface area contributed by atoms with Gasteiger partial charge in [-0.2, -0.15) is 10.5 Å². The second-order valence-corrected chi connectivity index (χ2v) is 23.8. The van der Waals surface area contributed by atoms with Gasteiger partial charge < -0.3 is 30.6 Å². The lowest BCUT2D eigenvalue weighted by molar-refractivity contribution is 0.450. The minimum absolute atomic E-state index is 0.00471. The summed E-state index contributed by atoms with van der Waals surface area (Å²) >= 11 is 0. The first-order valence-corrected chi connectivity index (χ1v) is 24.4. The van der Waals surface area contributed by atoms with Gasteiger partial charge in [0.15, 0.2) is 0 Å². The summed E-state index contributed by atoms with van der Waals surface area (Å²) in [5, 5.41) is 93.6. The summed E-state index contributed by atoms with van der Waals surface area (Å²) in [6.45, 7) is 25.2. The topological polar surface area (TPSA) is 169 Å². The average molecular weight is 939 g/mol. The molecule has 0 saturated heterocycles. The van der Waals surface area contributed by atoms with Crippen molar-refractivity contribution in [1.29, 1.82) is 10.5 Å². The lowest BCUT2D eigenvalue weighted by atomic mass is 9.80. The number of aromatic hydroxyl groups is 6. The molecule has 0 spiro atoms. The molecule has 0 saturated carbocycles. The van der Waals surface area contributed by atoms with Crippen LogP contribution in [0, 0.1) is 22.7 Å². The molecule has 0 fully saturated rings. The zero-order chi connectivity index (χ0) is 51.4. The number of phenols is 6. The van der Waals surface area contributed by atoms with Crippen molar-refractivity contribution in [3.8, 4) is 46.6 Å². The van der Waals surface area contributed by atoms with Crippen LogP contribution in [0.2, 0.25) is 0 Å². The Labute approximate surface area is 415 Å². The summed E-state index contributed by atoms with van der Waals surface area (Å²) < 4.78 is 0. The molecule has 0 atom stereocenters. The summed E-state index contributed by atoms with van der Waals surface area (Å²) in [6, 6.07) is 27.5. The van der Waals surface area contributed by atoms with Crippen LogP contribution >= 0.6 is 0 Å². The van der Waals surface area contributed by atoms with Crippen LogP contribution in [-0.4, -0.2) is 30.6 Å². The van der Waals surface area contributed by atoms with Crippen LogP contribution in [0.1, 0.15) is 183 Å². The molecule has 70 heavy (non-hydrogen) atoms. The number of fused-ring (bicyclic) bond motifs is 12. The highest BCUT2D eigenvalue weighted by molar-refractivity contribution is 5.60. The van der Waals surface area contributed by atoms with Gasteiger partial charge in [0.25, 0.3) is 0 Å². The van der Waals surface area contributed by atoms with Gasteiger partial charge in [0.05, 0.1) is 25.0 Å². The Morgan fingerprint density at radius 1 is 0.300 bits per heavy atom. The van der Waals surface area contributed by atoms with Crippen LogP contribution < -0.4 is 0 Å². The maximum atomic E-state index is 12.3. The number of hydrogen-bond donors (Lipinski definition) is 6. The fourth-order valence-electron chi connectivity index (χ4n) is 9.67. The molecule has 0 unspecified atom stereocenters. The lowest BCUT2D eigenvalue weighted by Crippen LogP contribution is -2.14. The van der Waals surface area contributed by atoms with E-state index < -0.39 is 0 Å². The van der Waals surface area contributed by atoms with E-state index in [9.17, 15) is 41.2 Å². The van der Waals surface area contributed by atoms with Gasteiger partial charge in [-0.3, -0.25) is 0 Å². The van der Waals surface area contributed by atoms with Gasteiger partial charge in [0, 0.05) is 38.5 Å². The fourth-order valence-corrected chi connectivity index (χ4v) is 9.67. The summed E-state index contributed by atoms with van der Waals surface area (Å²) in [6.07, 6.45) is 1.02. The number of phenolic OH excluding ortho intramolecular Hbond substituents is 6. The molecule has 6 aromatic rings. The third-order valence-corrected chi connectivity index (χ3v) is 14.0. The Kier molecular flexibility index (Phi) is 13.7. The normalized spacial score (nSPS) is 13.5. The quantitative estimate of drug-likeness (QED) is 0.0995. The Morgan fingerprint density at radius 2 is 0.443 bits per heavy atom. The molecule has 7 rings (SSSR count). The number of rotatable bonds is 2. The van der Waals surface area contributed by atoms with Gasteiger partial charge in [-0.15, -0.1) is 0 Å². The van der Waals surface area contributed by atoms with Crippen molar-refractivity contribution in [2.45, 2.75) is 156 Å². The van der Waals surface area contributed by atoms with E-state index in [4.69, 9.17) is 0 Å². The van der Waals surface area contributed by atoms with Gasteiger partial charge in [0.2, 0.25) is 0 Å². The first kappa shape index (κ1) is 51.0. The standard InChI is InChI=1S/C62H70N2O6/c1-59(2,3)49-27-41-21-37-17-35(13-15-63)18-38(53(37)65)22-43-29-51(61(7,8)9)33-47(57(43)69)26-48-34-52(62(10,11)12)30-44(58(48)70)24-40-20-36(14-16-64)19-39(54(40)66)23-42-28-50(60(4,5)6)32-46(56(42)68)25-45(31-49)55(41)67/h17-20,27-34,65-70H,13-14,21-26H2,1-12H3. The zero-order valence-corrected chi connectivity index (χ0v) is 43.2. The predicted octanol–water partition coefficient (Wildman–Crippen LogP) is 13.1. The third-order valence-electron chi connectivity index (χ3n) is 14.0. The maximum absolute atomic E-state index is 12.3. The summed E-state index contributed by atoms with van der Waals surface area (Å²) in [5.41, 5.74) is 10.5. The molecule has 1 aliphatic carbocycles. The molecule has 364 valence electrons. The Balaban J connectivity index is 1.56. The highest BCUT2D eigenvalue weighted by atomic mass is 16.3. The molecule has 0 radical (unpaired) electrons. The van der Waals surface area contributed by atoms with E-state index in [1.165, 1.54) is 0 Å². The van der Waals surface area contributed by atoms with E-state index in [2.05, 4.69) is 95.2 Å². The van der Waals surface area contributed by atoms with Gasteiger partial charge in [-0.1, -0.05) is 156 Å². The van der Waals surface area contributed by atoms with Gasteiger partial charge >= 0.3 is 0 Å². The predicted molar refractivity (Wildman–Crippen MR) is 279 cm³/mol. The van der Waals surface area contributed by atoms with Gasteiger partial charge in [-0.05, 0) is 122 Å². The molecule has 1 aliphatic rings. The molecule has 8 nitrogen and oxygen atoms in total. The lowest BCUT2D eigenvalue weighted by Gasteiger charge is -2.25. The second-order valence-electron chi connectivity index (χ2n) is 23.8. The van der Waals surface area contributed by atoms with Crippen LogP contribution in [0.5, 0.6) is 34.5 Å². The molecule has 6 N–H and O–H groups in total. The van der Waals surface area contributed by atoms with Crippen LogP contribution in [-0.2, 0) is 73.0 Å². The largest absolute Gasteiger partial charge is 0.507 e. The highest BCUT2D eigenvalue weighted by Gasteiger charge is 2.28. The Morgan fingerprint density at radius 3 is 0.571 bits per heavy atom. The first-order chi connectivity index (χ1) is 32.5. The highest BCUT2D eigenvalue weighted by Crippen LogP contribution is 2.44. The van der Waals surface area contributed by atoms with E-state index in [0.717, 1.165) is 22.3 Å². The van der Waals surface area contributed by atoms with Crippen molar-refractivity contribution in [1.82, 2.24) is 0 Å². The van der Waals surface area contributed by atoms with Crippen LogP contribution in [0.3, 0.4) is 0 Å². The van der Waals surface area contributed by atoms with E-state index >= 15 is 0 Å². The number of nitriles is 2. The Hall–Kier alpha value is -6.90. The molecule has 12 bridgehead atoms. The van der Waals surface area contributed by atoms with Crippen LogP contribution in [0.4, 0.5) is 0 Å². The molecular weight excluding hydrogens is 869 g/mol. The van der Waals surface area contributed by atoms with E-state index in [-0.39, 0.29) is 108 Å². The molecule has 0 aromatic heterocycles. The molecule has 8 heteroatoms. The molecular formula is C62H70N2O6. The SMILES string of the molecule is CC(C)(C)c1cc2c(O)c(c1)Cc1cc(C(C)(C)C)cc(c1O)Cc1cc(CC#N)cc(c1O)Cc1cc(C(C)(C)C)cc(c1O)Cc1cc(C(C)(C)C)cc(c1O)Cc1cc(CC#N)cc(c1O)C2. The van der Waals surface area contributed by atoms with E-state index in [1.807, 2.05) is 72.8 Å². The minimum Gasteiger partial charge on any atom is -0.507 e. The monoisotopic (exact) mass is 939 g/mol. The molecule has 0 heterocycles. The van der Waals surface area contributed by atoms with Crippen molar-refractivity contribution in [3.05, 3.63) is 173 Å². The van der Waals surface area contributed by atoms with Gasteiger partial charge in [-0.25, -0.2) is 0 Å². The minimum atomic E-state index is -0.349. The van der Waals surface area contributed by atoms with Crippen LogP contribution in [0.15, 0.2) is 72.8 Å². The van der Waals surface area contributed by atoms with E-state index in [1.54, 1.807) is 0 Å². The van der Waals surface area contributed by atoms with Crippen molar-refractivity contribution < 1.29 is 30.6 Å². The molecule has 6 aromatic carbocycles. The molecule has 0 aliphatic heterocycles. The second kappa shape index (κ2) is 18.8. The number of hydrogen-bond acceptors (Lipinski definition) is 8. The summed E-state index contributed by atoms with van der Waals surface area (Å²) in [7, 11) is 0. The van der Waals surface area contributed by atoms with E-state index in [0.29, 0.717) is 77.9 Å².